The van der Waals surface area contributed by atoms with Crippen molar-refractivity contribution in [3.63, 3.8) is 0 Å². The minimum absolute atomic E-state index is 1.06. The molecule has 1 aliphatic heterocycles. The molecule has 1 fully saturated rings. The van der Waals surface area contributed by atoms with E-state index in [1.54, 1.807) is 0 Å². The van der Waals surface area contributed by atoms with Gasteiger partial charge in [-0.15, -0.1) is 0 Å². The number of fused-ring (bicyclic) bond motifs is 2. The number of pyridine rings is 2. The van der Waals surface area contributed by atoms with E-state index >= 15 is 0 Å². The largest absolute Gasteiger partial charge is 0.317 e. The van der Waals surface area contributed by atoms with E-state index in [0.29, 0.717) is 0 Å². The fourth-order valence-electron chi connectivity index (χ4n) is 2.84. The van der Waals surface area contributed by atoms with Crippen LogP contribution in [0.5, 0.6) is 0 Å². The van der Waals surface area contributed by atoms with Crippen LogP contribution in [0.15, 0.2) is 85.3 Å². The van der Waals surface area contributed by atoms with E-state index in [0.717, 1.165) is 5.52 Å². The van der Waals surface area contributed by atoms with Crippen molar-refractivity contribution in [2.24, 2.45) is 0 Å². The third-order valence-electron chi connectivity index (χ3n) is 4.27. The lowest BCUT2D eigenvalue weighted by Crippen LogP contribution is -2.21. The van der Waals surface area contributed by atoms with Crippen molar-refractivity contribution in [1.29, 1.82) is 0 Å². The maximum absolute atomic E-state index is 4.18. The summed E-state index contributed by atoms with van der Waals surface area (Å²) < 4.78 is 0. The first kappa shape index (κ1) is 18.0. The van der Waals surface area contributed by atoms with Gasteiger partial charge < -0.3 is 5.32 Å². The lowest BCUT2D eigenvalue weighted by molar-refractivity contribution is 0.520. The van der Waals surface area contributed by atoms with E-state index in [1.165, 1.54) is 48.5 Å². The number of rotatable bonds is 0. The summed E-state index contributed by atoms with van der Waals surface area (Å²) in [5.74, 6) is 0. The van der Waals surface area contributed by atoms with Crippen LogP contribution < -0.4 is 5.32 Å². The van der Waals surface area contributed by atoms with Crippen molar-refractivity contribution in [3.05, 3.63) is 85.3 Å². The summed E-state index contributed by atoms with van der Waals surface area (Å²) in [6.45, 7) is 2.50. The fourth-order valence-corrected chi connectivity index (χ4v) is 2.84. The minimum atomic E-state index is 1.06. The van der Waals surface area contributed by atoms with Crippen LogP contribution in [0.3, 0.4) is 0 Å². The van der Waals surface area contributed by atoms with Crippen LogP contribution in [-0.4, -0.2) is 23.1 Å². The molecule has 0 radical (unpaired) electrons. The van der Waals surface area contributed by atoms with E-state index in [4.69, 9.17) is 0 Å². The van der Waals surface area contributed by atoms with E-state index in [1.807, 2.05) is 61.1 Å². The highest BCUT2D eigenvalue weighted by molar-refractivity contribution is 5.81. The number of nitrogens with zero attached hydrogens (tertiary/aromatic N) is 2. The van der Waals surface area contributed by atoms with Crippen molar-refractivity contribution in [2.75, 3.05) is 13.1 Å². The lowest BCUT2D eigenvalue weighted by Gasteiger charge is -2.08. The Labute approximate surface area is 155 Å². The molecule has 5 rings (SSSR count). The molecule has 2 aromatic carbocycles. The molecule has 1 N–H and O–H groups in total. The molecular weight excluding hydrogens is 318 g/mol. The first-order valence-electron chi connectivity index (χ1n) is 9.23. The molecule has 1 saturated heterocycles. The third kappa shape index (κ3) is 5.64. The van der Waals surface area contributed by atoms with Crippen LogP contribution in [-0.2, 0) is 0 Å². The number of hydrogen-bond acceptors (Lipinski definition) is 3. The summed E-state index contributed by atoms with van der Waals surface area (Å²) >= 11 is 0. The standard InChI is InChI=1S/2C9H7N.C5H11N/c1-2-6-9-8(4-1)5-3-7-10-9;1-2-4-9-7-10-6-5-8(9)3-1;1-2-4-6-5-3-1/h2*1-7H;6H,1-5H2. The molecule has 0 atom stereocenters. The third-order valence-corrected chi connectivity index (χ3v) is 4.27. The van der Waals surface area contributed by atoms with Gasteiger partial charge in [0.15, 0.2) is 0 Å². The van der Waals surface area contributed by atoms with Crippen molar-refractivity contribution >= 4 is 21.7 Å². The normalized spacial score (nSPS) is 13.2. The van der Waals surface area contributed by atoms with E-state index in [-0.39, 0.29) is 0 Å². The van der Waals surface area contributed by atoms with Crippen LogP contribution >= 0.6 is 0 Å². The van der Waals surface area contributed by atoms with Gasteiger partial charge in [-0.25, -0.2) is 0 Å². The summed E-state index contributed by atoms with van der Waals surface area (Å²) in [7, 11) is 0. The second-order valence-corrected chi connectivity index (χ2v) is 6.23. The van der Waals surface area contributed by atoms with Gasteiger partial charge in [0.2, 0.25) is 0 Å². The van der Waals surface area contributed by atoms with Gasteiger partial charge in [-0.1, -0.05) is 55.0 Å². The van der Waals surface area contributed by atoms with Gasteiger partial charge in [0.25, 0.3) is 0 Å². The van der Waals surface area contributed by atoms with E-state index < -0.39 is 0 Å². The summed E-state index contributed by atoms with van der Waals surface area (Å²) in [6.07, 6.45) is 9.70. The maximum Gasteiger partial charge on any atom is 0.0701 e. The molecule has 0 unspecified atom stereocenters. The number of piperidine rings is 1. The molecule has 26 heavy (non-hydrogen) atoms. The summed E-state index contributed by atoms with van der Waals surface area (Å²) in [6, 6.07) is 22.3. The molecule has 0 aliphatic carbocycles. The average Bonchev–Trinajstić information content (AvgIpc) is 2.76. The molecule has 2 aromatic heterocycles. The summed E-state index contributed by atoms with van der Waals surface area (Å²) in [5, 5.41) is 6.93. The number of para-hydroxylation sites is 1. The van der Waals surface area contributed by atoms with Gasteiger partial charge in [-0.05, 0) is 54.9 Å². The fraction of sp³-hybridized carbons (Fsp3) is 0.217. The molecule has 132 valence electrons. The SMILES string of the molecule is C1CCNCC1.c1ccc2cnccc2c1.c1ccc2ncccc2c1. The Hall–Kier alpha value is -2.78. The van der Waals surface area contributed by atoms with Crippen LogP contribution in [0.1, 0.15) is 19.3 Å². The molecule has 0 saturated carbocycles. The van der Waals surface area contributed by atoms with Crippen LogP contribution in [0, 0.1) is 0 Å². The Morgan fingerprint density at radius 3 is 1.96 bits per heavy atom. The monoisotopic (exact) mass is 343 g/mol. The van der Waals surface area contributed by atoms with Gasteiger partial charge in [0.1, 0.15) is 0 Å². The summed E-state index contributed by atoms with van der Waals surface area (Å²) in [5.41, 5.74) is 1.06. The molecule has 0 bridgehead atoms. The smallest absolute Gasteiger partial charge is 0.0701 e. The highest BCUT2D eigenvalue weighted by atomic mass is 14.9. The maximum atomic E-state index is 4.18. The second kappa shape index (κ2) is 10.3. The second-order valence-electron chi connectivity index (χ2n) is 6.23. The average molecular weight is 343 g/mol. The molecule has 3 heteroatoms. The van der Waals surface area contributed by atoms with E-state index in [9.17, 15) is 0 Å². The zero-order valence-electron chi connectivity index (χ0n) is 15.0. The molecule has 3 heterocycles. The molecule has 0 amide bonds. The Kier molecular flexibility index (Phi) is 7.12. The van der Waals surface area contributed by atoms with Gasteiger partial charge in [-0.3, -0.25) is 9.97 Å². The molecule has 3 nitrogen and oxygen atoms in total. The lowest BCUT2D eigenvalue weighted by atomic mass is 10.2. The number of nitrogens with one attached hydrogen (secondary N) is 1. The Balaban J connectivity index is 0.000000117. The quantitative estimate of drug-likeness (QED) is 0.475. The topological polar surface area (TPSA) is 37.8 Å². The number of hydrogen-bond donors (Lipinski definition) is 1. The molecule has 1 aliphatic rings. The van der Waals surface area contributed by atoms with Gasteiger partial charge in [0, 0.05) is 24.0 Å². The first-order chi connectivity index (χ1) is 12.9. The molecule has 4 aromatic rings. The van der Waals surface area contributed by atoms with Crippen molar-refractivity contribution in [2.45, 2.75) is 19.3 Å². The van der Waals surface area contributed by atoms with Crippen LogP contribution in [0.4, 0.5) is 0 Å². The highest BCUT2D eigenvalue weighted by Gasteiger charge is 1.93. The first-order valence-corrected chi connectivity index (χ1v) is 9.23. The molecular formula is C23H25N3. The van der Waals surface area contributed by atoms with E-state index in [2.05, 4.69) is 39.6 Å². The minimum Gasteiger partial charge on any atom is -0.317 e. The predicted octanol–water partition coefficient (Wildman–Crippen LogP) is 5.23. The highest BCUT2D eigenvalue weighted by Crippen LogP contribution is 2.09. The van der Waals surface area contributed by atoms with Gasteiger partial charge in [0.05, 0.1) is 5.52 Å². The predicted molar refractivity (Wildman–Crippen MR) is 110 cm³/mol. The number of benzene rings is 2. The zero-order valence-corrected chi connectivity index (χ0v) is 15.0. The zero-order chi connectivity index (χ0) is 17.9. The van der Waals surface area contributed by atoms with Crippen LogP contribution in [0.25, 0.3) is 21.7 Å². The summed E-state index contributed by atoms with van der Waals surface area (Å²) in [4.78, 5) is 8.19. The Morgan fingerprint density at radius 2 is 1.31 bits per heavy atom. The van der Waals surface area contributed by atoms with Gasteiger partial charge in [-0.2, -0.15) is 0 Å². The van der Waals surface area contributed by atoms with Crippen LogP contribution in [0.2, 0.25) is 0 Å². The number of aromatic nitrogens is 2. The van der Waals surface area contributed by atoms with Crippen molar-refractivity contribution in [3.8, 4) is 0 Å². The Bertz CT molecular complexity index is 703. The Morgan fingerprint density at radius 1 is 0.615 bits per heavy atom. The molecule has 0 spiro atoms. The van der Waals surface area contributed by atoms with Crippen molar-refractivity contribution in [1.82, 2.24) is 15.3 Å². The van der Waals surface area contributed by atoms with Crippen molar-refractivity contribution < 1.29 is 0 Å². The van der Waals surface area contributed by atoms with Gasteiger partial charge >= 0.3 is 0 Å².